The van der Waals surface area contributed by atoms with Crippen LogP contribution in [0.15, 0.2) is 58.7 Å². The van der Waals surface area contributed by atoms with E-state index in [2.05, 4.69) is 18.3 Å². The number of carbonyl (C=O) groups excluding carboxylic acids is 1. The van der Waals surface area contributed by atoms with E-state index in [4.69, 9.17) is 8.94 Å². The lowest BCUT2D eigenvalue weighted by molar-refractivity contribution is 0.0780. The Hall–Kier alpha value is -2.56. The molecule has 2 aromatic heterocycles. The predicted molar refractivity (Wildman–Crippen MR) is 70.5 cm³/mol. The zero-order chi connectivity index (χ0) is 13.7. The minimum absolute atomic E-state index is 0.232. The van der Waals surface area contributed by atoms with Gasteiger partial charge in [0.1, 0.15) is 0 Å². The fourth-order valence-corrected chi connectivity index (χ4v) is 1.62. The monoisotopic (exact) mass is 258 g/mol. The number of carbonyl (C=O) groups is 1. The molecule has 0 bridgehead atoms. The van der Waals surface area contributed by atoms with Crippen LogP contribution in [0, 0.1) is 0 Å². The van der Waals surface area contributed by atoms with Gasteiger partial charge in [-0.2, -0.15) is 0 Å². The average Bonchev–Trinajstić information content (AvgIpc) is 3.08. The van der Waals surface area contributed by atoms with Crippen LogP contribution in [0.5, 0.6) is 0 Å². The first-order valence-electron chi connectivity index (χ1n) is 5.78. The van der Waals surface area contributed by atoms with Crippen molar-refractivity contribution in [3.63, 3.8) is 0 Å². The Bertz CT molecular complexity index is 559. The molecule has 1 amide bonds. The van der Waals surface area contributed by atoms with Crippen LogP contribution in [0.3, 0.4) is 0 Å². The molecule has 19 heavy (non-hydrogen) atoms. The van der Waals surface area contributed by atoms with E-state index in [0.717, 1.165) is 0 Å². The second kappa shape index (κ2) is 5.86. The van der Waals surface area contributed by atoms with Gasteiger partial charge in [-0.3, -0.25) is 4.79 Å². The van der Waals surface area contributed by atoms with Crippen LogP contribution >= 0.6 is 0 Å². The van der Waals surface area contributed by atoms with Gasteiger partial charge in [-0.15, -0.1) is 13.2 Å². The van der Waals surface area contributed by atoms with Crippen molar-refractivity contribution in [1.82, 2.24) is 10.1 Å². The largest absolute Gasteiger partial charge is 0.461 e. The van der Waals surface area contributed by atoms with Gasteiger partial charge in [0.25, 0.3) is 5.91 Å². The molecule has 0 aromatic carbocycles. The molecule has 0 radical (unpaired) electrons. The summed E-state index contributed by atoms with van der Waals surface area (Å²) in [6.45, 7) is 8.08. The van der Waals surface area contributed by atoms with E-state index in [9.17, 15) is 4.79 Å². The first-order valence-corrected chi connectivity index (χ1v) is 5.78. The molecular formula is C14H14N2O3. The van der Waals surface area contributed by atoms with Crippen LogP contribution in [0.4, 0.5) is 0 Å². The van der Waals surface area contributed by atoms with Gasteiger partial charge < -0.3 is 13.8 Å². The molecule has 0 fully saturated rings. The number of hydrogen-bond donors (Lipinski definition) is 0. The fourth-order valence-electron chi connectivity index (χ4n) is 1.62. The van der Waals surface area contributed by atoms with E-state index in [1.165, 1.54) is 6.26 Å². The summed E-state index contributed by atoms with van der Waals surface area (Å²) in [5, 5.41) is 3.76. The molecule has 0 aliphatic rings. The highest BCUT2D eigenvalue weighted by Crippen LogP contribution is 2.21. The molecule has 0 atom stereocenters. The highest BCUT2D eigenvalue weighted by atomic mass is 16.5. The third-order valence-corrected chi connectivity index (χ3v) is 2.48. The fraction of sp³-hybridized carbons (Fsp3) is 0.143. The topological polar surface area (TPSA) is 59.5 Å². The van der Waals surface area contributed by atoms with Gasteiger partial charge in [0, 0.05) is 19.2 Å². The van der Waals surface area contributed by atoms with Crippen molar-refractivity contribution in [3.05, 3.63) is 55.5 Å². The Morgan fingerprint density at radius 2 is 2.05 bits per heavy atom. The molecule has 0 aliphatic carbocycles. The summed E-state index contributed by atoms with van der Waals surface area (Å²) >= 11 is 0. The van der Waals surface area contributed by atoms with Crippen LogP contribution in [0.1, 0.15) is 10.5 Å². The van der Waals surface area contributed by atoms with Crippen molar-refractivity contribution >= 4 is 5.91 Å². The summed E-state index contributed by atoms with van der Waals surface area (Å²) < 4.78 is 10.3. The SMILES string of the molecule is C=CCN(CC=C)C(=O)c1cc(-c2ccco2)on1. The standard InChI is InChI=1S/C14H14N2O3/c1-3-7-16(8-4-2)14(17)11-10-13(19-15-11)12-6-5-9-18-12/h3-6,9-10H,1-2,7-8H2. The molecule has 5 heteroatoms. The van der Waals surface area contributed by atoms with Crippen molar-refractivity contribution in [2.24, 2.45) is 0 Å². The number of amides is 1. The molecule has 5 nitrogen and oxygen atoms in total. The maximum Gasteiger partial charge on any atom is 0.276 e. The molecule has 0 aliphatic heterocycles. The van der Waals surface area contributed by atoms with Crippen molar-refractivity contribution in [2.75, 3.05) is 13.1 Å². The molecule has 2 rings (SSSR count). The van der Waals surface area contributed by atoms with E-state index in [1.54, 1.807) is 35.3 Å². The molecule has 0 N–H and O–H groups in total. The molecular weight excluding hydrogens is 244 g/mol. The van der Waals surface area contributed by atoms with Gasteiger partial charge in [0.2, 0.25) is 5.76 Å². The number of hydrogen-bond acceptors (Lipinski definition) is 4. The van der Waals surface area contributed by atoms with Crippen LogP contribution in [-0.4, -0.2) is 29.1 Å². The summed E-state index contributed by atoms with van der Waals surface area (Å²) in [5.41, 5.74) is 0.232. The minimum Gasteiger partial charge on any atom is -0.461 e. The number of furan rings is 1. The Morgan fingerprint density at radius 3 is 2.63 bits per heavy atom. The van der Waals surface area contributed by atoms with Crippen molar-refractivity contribution in [1.29, 1.82) is 0 Å². The average molecular weight is 258 g/mol. The zero-order valence-electron chi connectivity index (χ0n) is 10.4. The Balaban J connectivity index is 2.19. The van der Waals surface area contributed by atoms with Crippen molar-refractivity contribution in [3.8, 4) is 11.5 Å². The Labute approximate surface area is 110 Å². The number of aromatic nitrogens is 1. The summed E-state index contributed by atoms with van der Waals surface area (Å²) in [4.78, 5) is 13.7. The first-order chi connectivity index (χ1) is 9.26. The maximum atomic E-state index is 12.2. The van der Waals surface area contributed by atoms with E-state index in [0.29, 0.717) is 24.6 Å². The maximum absolute atomic E-state index is 12.2. The lowest BCUT2D eigenvalue weighted by Gasteiger charge is -2.17. The van der Waals surface area contributed by atoms with Crippen LogP contribution in [0.25, 0.3) is 11.5 Å². The van der Waals surface area contributed by atoms with Crippen molar-refractivity contribution < 1.29 is 13.7 Å². The second-order valence-electron chi connectivity index (χ2n) is 3.84. The molecule has 0 saturated heterocycles. The lowest BCUT2D eigenvalue weighted by atomic mass is 10.3. The third kappa shape index (κ3) is 2.82. The smallest absolute Gasteiger partial charge is 0.276 e. The van der Waals surface area contributed by atoms with E-state index in [-0.39, 0.29) is 11.6 Å². The summed E-state index contributed by atoms with van der Waals surface area (Å²) in [5.74, 6) is 0.720. The highest BCUT2D eigenvalue weighted by Gasteiger charge is 2.19. The Kier molecular flexibility index (Phi) is 3.97. The normalized spacial score (nSPS) is 10.1. The van der Waals surface area contributed by atoms with Crippen LogP contribution in [-0.2, 0) is 0 Å². The number of nitrogens with zero attached hydrogens (tertiary/aromatic N) is 2. The highest BCUT2D eigenvalue weighted by molar-refractivity contribution is 5.93. The minimum atomic E-state index is -0.235. The van der Waals surface area contributed by atoms with E-state index < -0.39 is 0 Å². The molecule has 0 spiro atoms. The van der Waals surface area contributed by atoms with Gasteiger partial charge in [-0.1, -0.05) is 17.3 Å². The van der Waals surface area contributed by atoms with E-state index in [1.807, 2.05) is 0 Å². The van der Waals surface area contributed by atoms with Crippen LogP contribution < -0.4 is 0 Å². The van der Waals surface area contributed by atoms with Gasteiger partial charge in [0.05, 0.1) is 6.26 Å². The molecule has 0 saturated carbocycles. The Morgan fingerprint density at radius 1 is 1.32 bits per heavy atom. The molecule has 0 unspecified atom stereocenters. The second-order valence-corrected chi connectivity index (χ2v) is 3.84. The quantitative estimate of drug-likeness (QED) is 0.747. The summed E-state index contributed by atoms with van der Waals surface area (Å²) in [6.07, 6.45) is 4.82. The predicted octanol–water partition coefficient (Wildman–Crippen LogP) is 2.75. The van der Waals surface area contributed by atoms with Gasteiger partial charge in [-0.25, -0.2) is 0 Å². The summed E-state index contributed by atoms with van der Waals surface area (Å²) in [7, 11) is 0. The first kappa shape index (κ1) is 12.9. The molecule has 2 aromatic rings. The molecule has 98 valence electrons. The van der Waals surface area contributed by atoms with Crippen molar-refractivity contribution in [2.45, 2.75) is 0 Å². The third-order valence-electron chi connectivity index (χ3n) is 2.48. The zero-order valence-corrected chi connectivity index (χ0v) is 10.4. The molecule has 2 heterocycles. The van der Waals surface area contributed by atoms with Gasteiger partial charge in [-0.05, 0) is 12.1 Å². The van der Waals surface area contributed by atoms with Gasteiger partial charge >= 0.3 is 0 Å². The van der Waals surface area contributed by atoms with E-state index >= 15 is 0 Å². The summed E-state index contributed by atoms with van der Waals surface area (Å²) in [6, 6.07) is 5.03. The van der Waals surface area contributed by atoms with Crippen LogP contribution in [0.2, 0.25) is 0 Å². The van der Waals surface area contributed by atoms with Gasteiger partial charge in [0.15, 0.2) is 11.5 Å². The number of rotatable bonds is 6. The lowest BCUT2D eigenvalue weighted by Crippen LogP contribution is -2.31.